The van der Waals surface area contributed by atoms with Crippen molar-refractivity contribution >= 4 is 23.1 Å². The van der Waals surface area contributed by atoms with Crippen molar-refractivity contribution in [3.8, 4) is 16.3 Å². The summed E-state index contributed by atoms with van der Waals surface area (Å²) in [5.41, 5.74) is 1.73. The van der Waals surface area contributed by atoms with Gasteiger partial charge in [0, 0.05) is 10.5 Å². The van der Waals surface area contributed by atoms with Crippen molar-refractivity contribution in [1.29, 1.82) is 0 Å². The lowest BCUT2D eigenvalue weighted by atomic mass is 10.2. The van der Waals surface area contributed by atoms with Gasteiger partial charge >= 0.3 is 0 Å². The topological polar surface area (TPSA) is 46.0 Å². The van der Waals surface area contributed by atoms with E-state index in [1.54, 1.807) is 30.0 Å². The van der Waals surface area contributed by atoms with Crippen LogP contribution in [0.1, 0.15) is 10.6 Å². The second-order valence-corrected chi connectivity index (χ2v) is 6.86. The predicted octanol–water partition coefficient (Wildman–Crippen LogP) is 4.65. The molecule has 2 aromatic carbocycles. The molecular formula is C16H13FN2OS2. The van der Waals surface area contributed by atoms with Crippen LogP contribution in [0.15, 0.2) is 47.4 Å². The number of phenolic OH excluding ortho intramolecular Hbond substituents is 1. The quantitative estimate of drug-likeness (QED) is 0.706. The summed E-state index contributed by atoms with van der Waals surface area (Å²) >= 11 is 3.15. The number of nitrogens with zero attached hydrogens (tertiary/aromatic N) is 2. The third kappa shape index (κ3) is 3.45. The average molecular weight is 332 g/mol. The predicted molar refractivity (Wildman–Crippen MR) is 87.7 cm³/mol. The van der Waals surface area contributed by atoms with Crippen molar-refractivity contribution in [3.63, 3.8) is 0 Å². The van der Waals surface area contributed by atoms with Crippen LogP contribution in [0.25, 0.3) is 10.6 Å². The second-order valence-electron chi connectivity index (χ2n) is 4.74. The molecule has 0 bridgehead atoms. The molecule has 22 heavy (non-hydrogen) atoms. The average Bonchev–Trinajstić information content (AvgIpc) is 2.98. The van der Waals surface area contributed by atoms with Gasteiger partial charge in [-0.25, -0.2) is 4.39 Å². The van der Waals surface area contributed by atoms with E-state index in [1.807, 2.05) is 19.1 Å². The van der Waals surface area contributed by atoms with Gasteiger partial charge in [0.1, 0.15) is 21.6 Å². The number of hydrogen-bond acceptors (Lipinski definition) is 5. The number of aromatic nitrogens is 2. The van der Waals surface area contributed by atoms with E-state index in [9.17, 15) is 9.50 Å². The van der Waals surface area contributed by atoms with Crippen LogP contribution < -0.4 is 0 Å². The molecule has 1 aromatic heterocycles. The van der Waals surface area contributed by atoms with E-state index < -0.39 is 0 Å². The summed E-state index contributed by atoms with van der Waals surface area (Å²) in [6.45, 7) is 1.87. The summed E-state index contributed by atoms with van der Waals surface area (Å²) in [5.74, 6) is 0.758. The van der Waals surface area contributed by atoms with Crippen molar-refractivity contribution in [1.82, 2.24) is 10.2 Å². The highest BCUT2D eigenvalue weighted by Gasteiger charge is 2.08. The maximum absolute atomic E-state index is 12.9. The lowest BCUT2D eigenvalue weighted by Gasteiger charge is -2.02. The fourth-order valence-corrected chi connectivity index (χ4v) is 3.71. The Morgan fingerprint density at radius 1 is 1.14 bits per heavy atom. The van der Waals surface area contributed by atoms with Gasteiger partial charge in [0.2, 0.25) is 0 Å². The fourth-order valence-electron chi connectivity index (χ4n) is 1.88. The van der Waals surface area contributed by atoms with Crippen LogP contribution in [0.5, 0.6) is 5.75 Å². The summed E-state index contributed by atoms with van der Waals surface area (Å²) in [6, 6.07) is 11.8. The van der Waals surface area contributed by atoms with Crippen LogP contribution in [0.3, 0.4) is 0 Å². The van der Waals surface area contributed by atoms with Gasteiger partial charge in [-0.05, 0) is 55.0 Å². The molecule has 0 aliphatic heterocycles. The molecule has 0 atom stereocenters. The van der Waals surface area contributed by atoms with Gasteiger partial charge < -0.3 is 5.11 Å². The number of benzene rings is 2. The number of aryl methyl sites for hydroxylation is 1. The number of aromatic hydroxyl groups is 1. The molecule has 1 N–H and O–H groups in total. The number of rotatable bonds is 4. The van der Waals surface area contributed by atoms with Crippen LogP contribution in [0.4, 0.5) is 4.39 Å². The van der Waals surface area contributed by atoms with E-state index in [4.69, 9.17) is 0 Å². The van der Waals surface area contributed by atoms with Gasteiger partial charge in [0.15, 0.2) is 0 Å². The molecule has 6 heteroatoms. The van der Waals surface area contributed by atoms with E-state index in [-0.39, 0.29) is 5.82 Å². The summed E-state index contributed by atoms with van der Waals surface area (Å²) in [6.07, 6.45) is 0. The first kappa shape index (κ1) is 15.0. The van der Waals surface area contributed by atoms with E-state index in [1.165, 1.54) is 23.5 Å². The Morgan fingerprint density at radius 2 is 1.91 bits per heavy atom. The zero-order valence-corrected chi connectivity index (χ0v) is 13.4. The Morgan fingerprint density at radius 3 is 2.64 bits per heavy atom. The molecule has 0 aliphatic rings. The van der Waals surface area contributed by atoms with Crippen LogP contribution in [0.2, 0.25) is 0 Å². The minimum absolute atomic E-state index is 0.258. The summed E-state index contributed by atoms with van der Waals surface area (Å²) < 4.78 is 12.9. The molecule has 0 fully saturated rings. The standard InChI is InChI=1S/C16H13FN2OS2/c1-10-8-13(6-7-14(10)20)21-9-15-18-19-16(22-15)11-2-4-12(17)5-3-11/h2-8,20H,9H2,1H3. The zero-order chi connectivity index (χ0) is 15.5. The fraction of sp³-hybridized carbons (Fsp3) is 0.125. The summed E-state index contributed by atoms with van der Waals surface area (Å²) in [4.78, 5) is 1.08. The summed E-state index contributed by atoms with van der Waals surface area (Å²) in [5, 5.41) is 19.6. The molecule has 112 valence electrons. The maximum atomic E-state index is 12.9. The normalized spacial score (nSPS) is 10.8. The molecule has 0 radical (unpaired) electrons. The van der Waals surface area contributed by atoms with Crippen LogP contribution >= 0.6 is 23.1 Å². The Kier molecular flexibility index (Phi) is 4.40. The minimum atomic E-state index is -0.258. The Bertz CT molecular complexity index is 787. The summed E-state index contributed by atoms with van der Waals surface area (Å²) in [7, 11) is 0. The Hall–Kier alpha value is -1.92. The van der Waals surface area contributed by atoms with Crippen molar-refractivity contribution in [2.75, 3.05) is 0 Å². The first-order valence-electron chi connectivity index (χ1n) is 6.62. The molecule has 3 aromatic rings. The number of phenols is 1. The smallest absolute Gasteiger partial charge is 0.147 e. The van der Waals surface area contributed by atoms with Crippen molar-refractivity contribution in [2.24, 2.45) is 0 Å². The first-order chi connectivity index (χ1) is 10.6. The van der Waals surface area contributed by atoms with Crippen LogP contribution in [-0.2, 0) is 5.75 Å². The van der Waals surface area contributed by atoms with Crippen LogP contribution in [-0.4, -0.2) is 15.3 Å². The van der Waals surface area contributed by atoms with Gasteiger partial charge in [0.25, 0.3) is 0 Å². The molecule has 0 unspecified atom stereocenters. The molecule has 0 spiro atoms. The van der Waals surface area contributed by atoms with Crippen molar-refractivity contribution < 1.29 is 9.50 Å². The van der Waals surface area contributed by atoms with E-state index >= 15 is 0 Å². The highest BCUT2D eigenvalue weighted by molar-refractivity contribution is 7.98. The molecule has 3 nitrogen and oxygen atoms in total. The Labute approximate surface area is 135 Å². The third-order valence-electron chi connectivity index (χ3n) is 3.09. The van der Waals surface area contributed by atoms with E-state index in [0.717, 1.165) is 26.0 Å². The Balaban J connectivity index is 1.69. The highest BCUT2D eigenvalue weighted by atomic mass is 32.2. The molecule has 1 heterocycles. The van der Waals surface area contributed by atoms with Gasteiger partial charge in [0.05, 0.1) is 5.75 Å². The van der Waals surface area contributed by atoms with Gasteiger partial charge in [-0.3, -0.25) is 0 Å². The molecule has 0 aliphatic carbocycles. The van der Waals surface area contributed by atoms with Crippen molar-refractivity contribution in [3.05, 3.63) is 58.9 Å². The largest absolute Gasteiger partial charge is 0.508 e. The minimum Gasteiger partial charge on any atom is -0.508 e. The molecule has 3 rings (SSSR count). The monoisotopic (exact) mass is 332 g/mol. The third-order valence-corrected chi connectivity index (χ3v) is 5.25. The molecule has 0 saturated heterocycles. The molecule has 0 amide bonds. The molecule has 0 saturated carbocycles. The highest BCUT2D eigenvalue weighted by Crippen LogP contribution is 2.30. The lowest BCUT2D eigenvalue weighted by molar-refractivity contribution is 0.470. The number of hydrogen-bond donors (Lipinski definition) is 1. The van der Waals surface area contributed by atoms with Crippen molar-refractivity contribution in [2.45, 2.75) is 17.6 Å². The lowest BCUT2D eigenvalue weighted by Crippen LogP contribution is -1.81. The van der Waals surface area contributed by atoms with Gasteiger partial charge in [-0.1, -0.05) is 11.3 Å². The maximum Gasteiger partial charge on any atom is 0.147 e. The van der Waals surface area contributed by atoms with Crippen LogP contribution in [0, 0.1) is 12.7 Å². The van der Waals surface area contributed by atoms with E-state index in [0.29, 0.717) is 11.5 Å². The van der Waals surface area contributed by atoms with Gasteiger partial charge in [-0.2, -0.15) is 0 Å². The zero-order valence-electron chi connectivity index (χ0n) is 11.8. The van der Waals surface area contributed by atoms with Gasteiger partial charge in [-0.15, -0.1) is 22.0 Å². The first-order valence-corrected chi connectivity index (χ1v) is 8.43. The SMILES string of the molecule is Cc1cc(SCc2nnc(-c3ccc(F)cc3)s2)ccc1O. The number of thioether (sulfide) groups is 1. The number of halogens is 1. The second kappa shape index (κ2) is 6.46. The molecular weight excluding hydrogens is 319 g/mol. The van der Waals surface area contributed by atoms with E-state index in [2.05, 4.69) is 10.2 Å².